The Morgan fingerprint density at radius 2 is 2.14 bits per heavy atom. The van der Waals surface area contributed by atoms with Crippen molar-refractivity contribution in [2.45, 2.75) is 25.8 Å². The van der Waals surface area contributed by atoms with Gasteiger partial charge in [0.05, 0.1) is 11.5 Å². The van der Waals surface area contributed by atoms with Gasteiger partial charge in [0.1, 0.15) is 0 Å². The predicted molar refractivity (Wildman–Crippen MR) is 86.6 cm³/mol. The third kappa shape index (κ3) is 3.58. The van der Waals surface area contributed by atoms with Crippen molar-refractivity contribution >= 4 is 15.5 Å². The molecule has 2 aliphatic rings. The lowest BCUT2D eigenvalue weighted by Crippen LogP contribution is -2.41. The second-order valence-corrected chi connectivity index (χ2v) is 8.67. The number of fused-ring (bicyclic) bond motifs is 1. The molecule has 0 aromatic heterocycles. The molecule has 0 aliphatic carbocycles. The number of nitrogens with zero attached hydrogens (tertiary/aromatic N) is 1. The van der Waals surface area contributed by atoms with Crippen molar-refractivity contribution < 1.29 is 8.42 Å². The maximum atomic E-state index is 11.5. The summed E-state index contributed by atoms with van der Waals surface area (Å²) in [6.07, 6.45) is 1.91. The lowest BCUT2D eigenvalue weighted by atomic mass is 9.94. The highest BCUT2D eigenvalue weighted by Gasteiger charge is 2.27. The van der Waals surface area contributed by atoms with Gasteiger partial charge in [0.2, 0.25) is 0 Å². The van der Waals surface area contributed by atoms with E-state index < -0.39 is 9.84 Å². The topological polar surface area (TPSA) is 49.4 Å². The van der Waals surface area contributed by atoms with Gasteiger partial charge in [-0.05, 0) is 30.4 Å². The average molecular weight is 308 g/mol. The van der Waals surface area contributed by atoms with Gasteiger partial charge < -0.3 is 10.2 Å². The van der Waals surface area contributed by atoms with Gasteiger partial charge in [0, 0.05) is 31.4 Å². The minimum absolute atomic E-state index is 0.146. The van der Waals surface area contributed by atoms with Crippen LogP contribution in [-0.4, -0.2) is 45.6 Å². The lowest BCUT2D eigenvalue weighted by molar-refractivity contribution is 0.505. The third-order valence-electron chi connectivity index (χ3n) is 4.48. The van der Waals surface area contributed by atoms with Crippen LogP contribution in [0.5, 0.6) is 0 Å². The summed E-state index contributed by atoms with van der Waals surface area (Å²) in [5.74, 6) is 1.32. The molecule has 3 rings (SSSR count). The van der Waals surface area contributed by atoms with Crippen molar-refractivity contribution in [1.29, 1.82) is 0 Å². The van der Waals surface area contributed by atoms with Crippen LogP contribution in [-0.2, 0) is 16.3 Å². The van der Waals surface area contributed by atoms with E-state index in [1.54, 1.807) is 0 Å². The van der Waals surface area contributed by atoms with Crippen LogP contribution in [0, 0.1) is 5.92 Å². The smallest absolute Gasteiger partial charge is 0.151 e. The summed E-state index contributed by atoms with van der Waals surface area (Å²) in [7, 11) is -2.78. The van der Waals surface area contributed by atoms with E-state index in [0.29, 0.717) is 17.4 Å². The van der Waals surface area contributed by atoms with Gasteiger partial charge >= 0.3 is 0 Å². The maximum Gasteiger partial charge on any atom is 0.151 e. The van der Waals surface area contributed by atoms with Crippen LogP contribution in [0.1, 0.15) is 18.9 Å². The van der Waals surface area contributed by atoms with Crippen molar-refractivity contribution in [2.24, 2.45) is 5.92 Å². The van der Waals surface area contributed by atoms with E-state index in [0.717, 1.165) is 32.5 Å². The Morgan fingerprint density at radius 3 is 2.90 bits per heavy atom. The van der Waals surface area contributed by atoms with Crippen molar-refractivity contribution in [3.8, 4) is 0 Å². The van der Waals surface area contributed by atoms with Gasteiger partial charge in [0.15, 0.2) is 9.84 Å². The van der Waals surface area contributed by atoms with Gasteiger partial charge in [0.25, 0.3) is 0 Å². The highest BCUT2D eigenvalue weighted by Crippen LogP contribution is 2.28. The lowest BCUT2D eigenvalue weighted by Gasteiger charge is -2.35. The van der Waals surface area contributed by atoms with Gasteiger partial charge in [-0.15, -0.1) is 0 Å². The fraction of sp³-hybridized carbons (Fsp3) is 0.625. The zero-order chi connectivity index (χ0) is 14.9. The van der Waals surface area contributed by atoms with Crippen LogP contribution < -0.4 is 10.2 Å². The van der Waals surface area contributed by atoms with Crippen LogP contribution in [0.4, 0.5) is 5.69 Å². The zero-order valence-corrected chi connectivity index (χ0v) is 13.4. The molecule has 4 nitrogen and oxygen atoms in total. The fourth-order valence-corrected chi connectivity index (χ4v) is 5.19. The number of nitrogens with one attached hydrogen (secondary N) is 1. The Bertz CT molecular complexity index is 600. The summed E-state index contributed by atoms with van der Waals surface area (Å²) in [6, 6.07) is 8.76. The Balaban J connectivity index is 1.56. The molecule has 5 heteroatoms. The number of hydrogen-bond donors (Lipinski definition) is 1. The fourth-order valence-electron chi connectivity index (χ4n) is 3.48. The van der Waals surface area contributed by atoms with Crippen LogP contribution in [0.3, 0.4) is 0 Å². The molecule has 2 aliphatic heterocycles. The Labute approximate surface area is 127 Å². The minimum Gasteiger partial charge on any atom is -0.370 e. The third-order valence-corrected chi connectivity index (χ3v) is 6.25. The molecule has 116 valence electrons. The SMILES string of the molecule is CC1Cc2ccccc2N(CCNC2CCS(=O)(=O)C2)C1. The number of sulfone groups is 1. The van der Waals surface area contributed by atoms with Gasteiger partial charge in [-0.3, -0.25) is 0 Å². The molecule has 1 aromatic rings. The number of rotatable bonds is 4. The van der Waals surface area contributed by atoms with Crippen molar-refractivity contribution in [1.82, 2.24) is 5.32 Å². The molecule has 0 bridgehead atoms. The monoisotopic (exact) mass is 308 g/mol. The number of anilines is 1. The van der Waals surface area contributed by atoms with Gasteiger partial charge in [-0.1, -0.05) is 25.1 Å². The summed E-state index contributed by atoms with van der Waals surface area (Å²) in [6.45, 7) is 5.17. The standard InChI is InChI=1S/C16H24N2O2S/c1-13-10-14-4-2-3-5-16(14)18(11-13)8-7-17-15-6-9-21(19,20)12-15/h2-5,13,15,17H,6-12H2,1H3. The summed E-state index contributed by atoms with van der Waals surface area (Å²) in [5.41, 5.74) is 2.77. The molecule has 0 amide bonds. The number of benzene rings is 1. The molecule has 1 saturated heterocycles. The first-order valence-corrected chi connectivity index (χ1v) is 9.62. The molecule has 0 spiro atoms. The summed E-state index contributed by atoms with van der Waals surface area (Å²) in [5, 5.41) is 3.41. The van der Waals surface area contributed by atoms with Gasteiger partial charge in [-0.2, -0.15) is 0 Å². The number of para-hydroxylation sites is 1. The Hall–Kier alpha value is -1.07. The highest BCUT2D eigenvalue weighted by atomic mass is 32.2. The Kier molecular flexibility index (Phi) is 4.22. The molecule has 2 unspecified atom stereocenters. The zero-order valence-electron chi connectivity index (χ0n) is 12.6. The van der Waals surface area contributed by atoms with E-state index in [2.05, 4.69) is 41.4 Å². The first kappa shape index (κ1) is 14.9. The maximum absolute atomic E-state index is 11.5. The predicted octanol–water partition coefficient (Wildman–Crippen LogP) is 1.46. The van der Waals surface area contributed by atoms with Gasteiger partial charge in [-0.25, -0.2) is 8.42 Å². The molecule has 0 saturated carbocycles. The van der Waals surface area contributed by atoms with E-state index in [4.69, 9.17) is 0 Å². The minimum atomic E-state index is -2.78. The molecule has 2 atom stereocenters. The molecular formula is C16H24N2O2S. The van der Waals surface area contributed by atoms with E-state index in [9.17, 15) is 8.42 Å². The first-order chi connectivity index (χ1) is 10.0. The van der Waals surface area contributed by atoms with Crippen LogP contribution >= 0.6 is 0 Å². The average Bonchev–Trinajstić information content (AvgIpc) is 2.78. The second-order valence-electron chi connectivity index (χ2n) is 6.44. The second kappa shape index (κ2) is 5.97. The largest absolute Gasteiger partial charge is 0.370 e. The number of hydrogen-bond acceptors (Lipinski definition) is 4. The summed E-state index contributed by atoms with van der Waals surface area (Å²) >= 11 is 0. The van der Waals surface area contributed by atoms with Crippen molar-refractivity contribution in [3.63, 3.8) is 0 Å². The van der Waals surface area contributed by atoms with E-state index in [1.165, 1.54) is 11.3 Å². The molecule has 1 aromatic carbocycles. The first-order valence-electron chi connectivity index (χ1n) is 7.80. The quantitative estimate of drug-likeness (QED) is 0.915. The van der Waals surface area contributed by atoms with Crippen molar-refractivity contribution in [2.75, 3.05) is 36.0 Å². The highest BCUT2D eigenvalue weighted by molar-refractivity contribution is 7.91. The van der Waals surface area contributed by atoms with E-state index >= 15 is 0 Å². The molecule has 1 N–H and O–H groups in total. The Morgan fingerprint density at radius 1 is 1.33 bits per heavy atom. The molecule has 21 heavy (non-hydrogen) atoms. The van der Waals surface area contributed by atoms with E-state index in [1.807, 2.05) is 0 Å². The van der Waals surface area contributed by atoms with Crippen LogP contribution in [0.2, 0.25) is 0 Å². The summed E-state index contributed by atoms with van der Waals surface area (Å²) in [4.78, 5) is 2.43. The van der Waals surface area contributed by atoms with E-state index in [-0.39, 0.29) is 6.04 Å². The van der Waals surface area contributed by atoms with Crippen LogP contribution in [0.15, 0.2) is 24.3 Å². The normalized spacial score (nSPS) is 27.6. The molecule has 2 heterocycles. The molecule has 0 radical (unpaired) electrons. The summed E-state index contributed by atoms with van der Waals surface area (Å²) < 4.78 is 22.9. The molecule has 1 fully saturated rings. The van der Waals surface area contributed by atoms with Crippen LogP contribution in [0.25, 0.3) is 0 Å². The molecular weight excluding hydrogens is 284 g/mol. The van der Waals surface area contributed by atoms with Crippen molar-refractivity contribution in [3.05, 3.63) is 29.8 Å².